The van der Waals surface area contributed by atoms with Crippen molar-refractivity contribution < 1.29 is 8.42 Å². The molecule has 0 atom stereocenters. The van der Waals surface area contributed by atoms with E-state index in [1.165, 1.54) is 4.41 Å². The molecule has 1 aliphatic heterocycles. The minimum atomic E-state index is -3.65. The van der Waals surface area contributed by atoms with Gasteiger partial charge < -0.3 is 5.43 Å². The van der Waals surface area contributed by atoms with E-state index in [-0.39, 0.29) is 4.90 Å². The van der Waals surface area contributed by atoms with E-state index in [1.807, 2.05) is 6.08 Å². The highest BCUT2D eigenvalue weighted by Crippen LogP contribution is 2.28. The van der Waals surface area contributed by atoms with E-state index in [1.54, 1.807) is 42.5 Å². The Balaban J connectivity index is 1.86. The van der Waals surface area contributed by atoms with E-state index in [2.05, 4.69) is 18.1 Å². The number of hydrazine groups is 1. The SMILES string of the molecule is O=S(=O)(c1ccc(CS)cc1)N1CCC=C(c2ccc(Cl)c(Cl)c2)N1. The third-order valence-electron chi connectivity index (χ3n) is 3.85. The summed E-state index contributed by atoms with van der Waals surface area (Å²) in [4.78, 5) is 0.237. The molecule has 0 saturated heterocycles. The van der Waals surface area contributed by atoms with Crippen LogP contribution < -0.4 is 5.43 Å². The number of thiol groups is 1. The fraction of sp³-hybridized carbons (Fsp3) is 0.176. The lowest BCUT2D eigenvalue weighted by molar-refractivity contribution is 0.363. The second-order valence-electron chi connectivity index (χ2n) is 5.53. The Morgan fingerprint density at radius 2 is 1.80 bits per heavy atom. The molecule has 8 heteroatoms. The molecule has 4 nitrogen and oxygen atoms in total. The summed E-state index contributed by atoms with van der Waals surface area (Å²) < 4.78 is 27.0. The summed E-state index contributed by atoms with van der Waals surface area (Å²) in [5.74, 6) is 0.562. The predicted molar refractivity (Wildman–Crippen MR) is 105 cm³/mol. The van der Waals surface area contributed by atoms with Crippen LogP contribution in [0, 0.1) is 0 Å². The summed E-state index contributed by atoms with van der Waals surface area (Å²) in [5.41, 5.74) is 5.40. The maximum atomic E-state index is 12.9. The number of nitrogens with zero attached hydrogens (tertiary/aromatic N) is 1. The second kappa shape index (κ2) is 7.60. The average Bonchev–Trinajstić information content (AvgIpc) is 2.64. The van der Waals surface area contributed by atoms with Crippen molar-refractivity contribution in [1.82, 2.24) is 9.84 Å². The van der Waals surface area contributed by atoms with Gasteiger partial charge in [-0.2, -0.15) is 12.6 Å². The molecule has 1 N–H and O–H groups in total. The van der Waals surface area contributed by atoms with Gasteiger partial charge in [-0.3, -0.25) is 0 Å². The second-order valence-corrected chi connectivity index (χ2v) is 8.52. The van der Waals surface area contributed by atoms with Crippen molar-refractivity contribution in [3.63, 3.8) is 0 Å². The smallest absolute Gasteiger partial charge is 0.259 e. The molecule has 2 aromatic rings. The van der Waals surface area contributed by atoms with Crippen LogP contribution in [0.15, 0.2) is 53.4 Å². The Hall–Kier alpha value is -1.18. The molecular formula is C17H16Cl2N2O2S2. The number of halogens is 2. The van der Waals surface area contributed by atoms with Crippen molar-refractivity contribution in [1.29, 1.82) is 0 Å². The van der Waals surface area contributed by atoms with Gasteiger partial charge in [0.25, 0.3) is 10.0 Å². The molecule has 2 aromatic carbocycles. The van der Waals surface area contributed by atoms with Gasteiger partial charge in [0.1, 0.15) is 0 Å². The van der Waals surface area contributed by atoms with Gasteiger partial charge in [0.05, 0.1) is 20.6 Å². The largest absolute Gasteiger partial charge is 0.305 e. The summed E-state index contributed by atoms with van der Waals surface area (Å²) in [7, 11) is -3.65. The first-order chi connectivity index (χ1) is 11.9. The van der Waals surface area contributed by atoms with Crippen molar-refractivity contribution in [3.05, 3.63) is 69.7 Å². The third-order valence-corrected chi connectivity index (χ3v) is 6.68. The monoisotopic (exact) mass is 414 g/mol. The van der Waals surface area contributed by atoms with Crippen molar-refractivity contribution in [3.8, 4) is 0 Å². The van der Waals surface area contributed by atoms with Crippen LogP contribution in [0.25, 0.3) is 5.70 Å². The average molecular weight is 415 g/mol. The first-order valence-corrected chi connectivity index (χ1v) is 10.4. The highest BCUT2D eigenvalue weighted by atomic mass is 35.5. The Morgan fingerprint density at radius 1 is 1.08 bits per heavy atom. The molecule has 3 rings (SSSR count). The van der Waals surface area contributed by atoms with Gasteiger partial charge in [0.2, 0.25) is 0 Å². The van der Waals surface area contributed by atoms with Gasteiger partial charge in [-0.1, -0.05) is 47.5 Å². The first-order valence-electron chi connectivity index (χ1n) is 7.56. The molecular weight excluding hydrogens is 399 g/mol. The normalized spacial score (nSPS) is 15.6. The van der Waals surface area contributed by atoms with Crippen molar-refractivity contribution in [2.45, 2.75) is 17.1 Å². The van der Waals surface area contributed by atoms with Crippen molar-refractivity contribution in [2.75, 3.05) is 6.54 Å². The van der Waals surface area contributed by atoms with Crippen LogP contribution >= 0.6 is 35.8 Å². The summed E-state index contributed by atoms with van der Waals surface area (Å²) >= 11 is 16.2. The molecule has 1 heterocycles. The van der Waals surface area contributed by atoms with E-state index < -0.39 is 10.0 Å². The van der Waals surface area contributed by atoms with E-state index in [0.717, 1.165) is 11.1 Å². The molecule has 0 bridgehead atoms. The van der Waals surface area contributed by atoms with E-state index in [4.69, 9.17) is 23.2 Å². The van der Waals surface area contributed by atoms with Crippen LogP contribution in [0.4, 0.5) is 0 Å². The fourth-order valence-corrected chi connectivity index (χ4v) is 4.29. The standard InChI is InChI=1S/C17H16Cl2N2O2S2/c18-15-8-5-13(10-16(15)19)17-2-1-9-21(20-17)25(22,23)14-6-3-12(11-24)4-7-14/h2-8,10,20,24H,1,9,11H2. The number of hydrogen-bond acceptors (Lipinski definition) is 4. The van der Waals surface area contributed by atoms with Gasteiger partial charge >= 0.3 is 0 Å². The van der Waals surface area contributed by atoms with E-state index in [9.17, 15) is 8.42 Å². The van der Waals surface area contributed by atoms with Crippen molar-refractivity contribution >= 4 is 51.6 Å². The molecule has 0 spiro atoms. The minimum Gasteiger partial charge on any atom is -0.305 e. The molecule has 0 unspecified atom stereocenters. The Labute approximate surface area is 162 Å². The molecule has 0 fully saturated rings. The number of nitrogens with one attached hydrogen (secondary N) is 1. The first kappa shape index (κ1) is 18.6. The molecule has 1 aliphatic rings. The Bertz CT molecular complexity index is 913. The lowest BCUT2D eigenvalue weighted by Gasteiger charge is -2.28. The quantitative estimate of drug-likeness (QED) is 0.730. The molecule has 0 amide bonds. The number of hydrogen-bond donors (Lipinski definition) is 2. The molecule has 0 saturated carbocycles. The summed E-state index contributed by atoms with van der Waals surface area (Å²) in [5, 5.41) is 0.875. The maximum absolute atomic E-state index is 12.9. The van der Waals surface area contributed by atoms with Crippen LogP contribution in [0.5, 0.6) is 0 Å². The van der Waals surface area contributed by atoms with Crippen LogP contribution in [0.3, 0.4) is 0 Å². The van der Waals surface area contributed by atoms with Crippen LogP contribution in [-0.2, 0) is 15.8 Å². The summed E-state index contributed by atoms with van der Waals surface area (Å²) in [6.45, 7) is 0.349. The molecule has 0 aliphatic carbocycles. The number of sulfonamides is 1. The van der Waals surface area contributed by atoms with Gasteiger partial charge in [0.15, 0.2) is 0 Å². The lowest BCUT2D eigenvalue weighted by atomic mass is 10.1. The van der Waals surface area contributed by atoms with Crippen LogP contribution in [0.2, 0.25) is 10.0 Å². The Kier molecular flexibility index (Phi) is 5.65. The zero-order valence-electron chi connectivity index (χ0n) is 13.1. The van der Waals surface area contributed by atoms with Crippen molar-refractivity contribution in [2.24, 2.45) is 0 Å². The maximum Gasteiger partial charge on any atom is 0.259 e. The highest BCUT2D eigenvalue weighted by molar-refractivity contribution is 7.89. The van der Waals surface area contributed by atoms with Gasteiger partial charge in [-0.15, -0.1) is 4.41 Å². The van der Waals surface area contributed by atoms with E-state index in [0.29, 0.717) is 34.5 Å². The molecule has 25 heavy (non-hydrogen) atoms. The molecule has 0 radical (unpaired) electrons. The van der Waals surface area contributed by atoms with Gasteiger partial charge in [0, 0.05) is 17.9 Å². The van der Waals surface area contributed by atoms with E-state index >= 15 is 0 Å². The predicted octanol–water partition coefficient (Wildman–Crippen LogP) is 4.36. The van der Waals surface area contributed by atoms with Gasteiger partial charge in [-0.25, -0.2) is 8.42 Å². The summed E-state index contributed by atoms with van der Waals surface area (Å²) in [6, 6.07) is 11.9. The Morgan fingerprint density at radius 3 is 2.44 bits per heavy atom. The van der Waals surface area contributed by atoms with Gasteiger partial charge in [-0.05, 0) is 36.2 Å². The van der Waals surface area contributed by atoms with Crippen LogP contribution in [-0.4, -0.2) is 19.4 Å². The van der Waals surface area contributed by atoms with Crippen LogP contribution in [0.1, 0.15) is 17.5 Å². The fourth-order valence-electron chi connectivity index (χ4n) is 2.48. The zero-order valence-corrected chi connectivity index (χ0v) is 16.3. The highest BCUT2D eigenvalue weighted by Gasteiger charge is 2.27. The lowest BCUT2D eigenvalue weighted by Crippen LogP contribution is -2.44. The topological polar surface area (TPSA) is 49.4 Å². The zero-order chi connectivity index (χ0) is 18.0. The summed E-state index contributed by atoms with van der Waals surface area (Å²) in [6.07, 6.45) is 2.53. The third kappa shape index (κ3) is 3.99. The number of benzene rings is 2. The number of rotatable bonds is 4. The molecule has 132 valence electrons. The molecule has 0 aromatic heterocycles. The minimum absolute atomic E-state index is 0.237.